The fourth-order valence-electron chi connectivity index (χ4n) is 2.49. The number of aldehydes is 1. The fourth-order valence-corrected chi connectivity index (χ4v) is 2.49. The summed E-state index contributed by atoms with van der Waals surface area (Å²) in [4.78, 5) is 10.9. The molecule has 6 heteroatoms. The lowest BCUT2D eigenvalue weighted by Gasteiger charge is -2.32. The van der Waals surface area contributed by atoms with Gasteiger partial charge in [-0.15, -0.1) is 0 Å². The van der Waals surface area contributed by atoms with Gasteiger partial charge in [0, 0.05) is 5.69 Å². The number of hydrogen-bond acceptors (Lipinski definition) is 4. The predicted octanol–water partition coefficient (Wildman–Crippen LogP) is 1.75. The van der Waals surface area contributed by atoms with Gasteiger partial charge in [0.1, 0.15) is 5.69 Å². The van der Waals surface area contributed by atoms with E-state index in [-0.39, 0.29) is 11.2 Å². The van der Waals surface area contributed by atoms with Crippen LogP contribution < -0.4 is 5.46 Å². The lowest BCUT2D eigenvalue weighted by Crippen LogP contribution is -2.41. The number of rotatable bonds is 2. The molecule has 1 fully saturated rings. The molecule has 0 bridgehead atoms. The molecule has 0 aromatic carbocycles. The van der Waals surface area contributed by atoms with Crippen LogP contribution in [0.2, 0.25) is 0 Å². The highest BCUT2D eigenvalue weighted by Gasteiger charge is 2.51. The van der Waals surface area contributed by atoms with Crippen LogP contribution >= 0.6 is 0 Å². The predicted molar refractivity (Wildman–Crippen MR) is 81.0 cm³/mol. The number of pyridine rings is 1. The van der Waals surface area contributed by atoms with E-state index in [9.17, 15) is 4.79 Å². The number of aromatic nitrogens is 2. The zero-order valence-corrected chi connectivity index (χ0v) is 13.0. The van der Waals surface area contributed by atoms with Gasteiger partial charge in [0.15, 0.2) is 6.29 Å². The number of aryl methyl sites for hydroxylation is 1. The van der Waals surface area contributed by atoms with Crippen LogP contribution in [0.15, 0.2) is 18.2 Å². The summed E-state index contributed by atoms with van der Waals surface area (Å²) in [6.45, 7) is 10.1. The van der Waals surface area contributed by atoms with Gasteiger partial charge in [0.25, 0.3) is 0 Å². The first-order valence-corrected chi connectivity index (χ1v) is 7.05. The molecule has 1 saturated heterocycles. The van der Waals surface area contributed by atoms with Gasteiger partial charge in [0.05, 0.1) is 16.7 Å². The van der Waals surface area contributed by atoms with Crippen LogP contribution in [0.5, 0.6) is 0 Å². The van der Waals surface area contributed by atoms with E-state index < -0.39 is 7.12 Å². The maximum Gasteiger partial charge on any atom is 0.494 e. The zero-order valence-electron chi connectivity index (χ0n) is 13.0. The Balaban J connectivity index is 2.04. The molecular weight excluding hydrogens is 267 g/mol. The first-order valence-electron chi connectivity index (χ1n) is 7.05. The minimum absolute atomic E-state index is 0.369. The quantitative estimate of drug-likeness (QED) is 0.623. The molecule has 3 rings (SSSR count). The van der Waals surface area contributed by atoms with Crippen molar-refractivity contribution in [1.29, 1.82) is 0 Å². The fraction of sp³-hybridized carbons (Fsp3) is 0.467. The lowest BCUT2D eigenvalue weighted by atomic mass is 9.79. The van der Waals surface area contributed by atoms with Crippen LogP contribution in [0.1, 0.15) is 43.9 Å². The van der Waals surface area contributed by atoms with Gasteiger partial charge in [-0.3, -0.25) is 4.79 Å². The van der Waals surface area contributed by atoms with Gasteiger partial charge in [-0.1, -0.05) is 0 Å². The smallest absolute Gasteiger partial charge is 0.399 e. The molecule has 0 radical (unpaired) electrons. The molecule has 2 aromatic rings. The second-order valence-corrected chi connectivity index (χ2v) is 6.54. The highest BCUT2D eigenvalue weighted by atomic mass is 16.7. The second-order valence-electron chi connectivity index (χ2n) is 6.54. The van der Waals surface area contributed by atoms with Gasteiger partial charge < -0.3 is 9.31 Å². The van der Waals surface area contributed by atoms with Gasteiger partial charge >= 0.3 is 7.12 Å². The van der Waals surface area contributed by atoms with Gasteiger partial charge in [0.2, 0.25) is 0 Å². The molecule has 0 N–H and O–H groups in total. The van der Waals surface area contributed by atoms with Crippen molar-refractivity contribution < 1.29 is 14.1 Å². The number of hydrogen-bond donors (Lipinski definition) is 0. The first kappa shape index (κ1) is 14.3. The molecule has 1 aliphatic heterocycles. The normalized spacial score (nSPS) is 20.1. The highest BCUT2D eigenvalue weighted by Crippen LogP contribution is 2.36. The van der Waals surface area contributed by atoms with Crippen molar-refractivity contribution in [2.45, 2.75) is 45.8 Å². The summed E-state index contributed by atoms with van der Waals surface area (Å²) in [7, 11) is -0.409. The van der Waals surface area contributed by atoms with Crippen LogP contribution in [-0.2, 0) is 9.31 Å². The second kappa shape index (κ2) is 4.42. The number of fused-ring (bicyclic) bond motifs is 1. The van der Waals surface area contributed by atoms with E-state index in [2.05, 4.69) is 5.10 Å². The Labute approximate surface area is 124 Å². The monoisotopic (exact) mass is 286 g/mol. The molecule has 2 aromatic heterocycles. The van der Waals surface area contributed by atoms with Crippen LogP contribution in [0.25, 0.3) is 5.52 Å². The molecular formula is C15H19BN2O3. The molecule has 5 nitrogen and oxygen atoms in total. The van der Waals surface area contributed by atoms with Crippen LogP contribution in [0.4, 0.5) is 0 Å². The summed E-state index contributed by atoms with van der Waals surface area (Å²) < 4.78 is 13.9. The Morgan fingerprint density at radius 3 is 2.33 bits per heavy atom. The Hall–Kier alpha value is -1.66. The third-order valence-corrected chi connectivity index (χ3v) is 4.43. The van der Waals surface area contributed by atoms with Crippen LogP contribution in [0.3, 0.4) is 0 Å². The van der Waals surface area contributed by atoms with Crippen molar-refractivity contribution in [3.8, 4) is 0 Å². The Bertz CT molecular complexity index is 705. The molecule has 0 aliphatic carbocycles. The summed E-state index contributed by atoms with van der Waals surface area (Å²) in [5, 5.41) is 4.22. The lowest BCUT2D eigenvalue weighted by molar-refractivity contribution is 0.00578. The minimum Gasteiger partial charge on any atom is -0.399 e. The van der Waals surface area contributed by atoms with Crippen molar-refractivity contribution in [1.82, 2.24) is 9.61 Å². The Kier molecular flexibility index (Phi) is 3.01. The largest absolute Gasteiger partial charge is 0.494 e. The van der Waals surface area contributed by atoms with Crippen molar-refractivity contribution >= 4 is 24.4 Å². The first-order chi connectivity index (χ1) is 9.73. The minimum atomic E-state index is -0.409. The molecule has 0 spiro atoms. The number of carbonyl (C=O) groups excluding carboxylic acids is 1. The van der Waals surface area contributed by atoms with Crippen molar-refractivity contribution in [3.05, 3.63) is 29.6 Å². The summed E-state index contributed by atoms with van der Waals surface area (Å²) in [5.74, 6) is 0. The zero-order chi connectivity index (χ0) is 15.4. The van der Waals surface area contributed by atoms with Crippen LogP contribution in [-0.4, -0.2) is 34.2 Å². The van der Waals surface area contributed by atoms with E-state index in [0.29, 0.717) is 5.69 Å². The van der Waals surface area contributed by atoms with E-state index in [0.717, 1.165) is 23.0 Å². The van der Waals surface area contributed by atoms with E-state index in [4.69, 9.17) is 9.31 Å². The number of carbonyl (C=O) groups is 1. The number of nitrogens with zero attached hydrogens (tertiary/aromatic N) is 2. The molecule has 0 atom stereocenters. The van der Waals surface area contributed by atoms with Gasteiger partial charge in [-0.25, -0.2) is 4.52 Å². The van der Waals surface area contributed by atoms with Crippen molar-refractivity contribution in [2.75, 3.05) is 0 Å². The van der Waals surface area contributed by atoms with E-state index in [1.807, 2.05) is 46.8 Å². The molecule has 3 heterocycles. The van der Waals surface area contributed by atoms with E-state index in [1.165, 1.54) is 0 Å². The molecule has 0 saturated carbocycles. The van der Waals surface area contributed by atoms with Crippen molar-refractivity contribution in [3.63, 3.8) is 0 Å². The van der Waals surface area contributed by atoms with Crippen molar-refractivity contribution in [2.24, 2.45) is 0 Å². The maximum absolute atomic E-state index is 10.9. The van der Waals surface area contributed by atoms with E-state index in [1.54, 1.807) is 10.6 Å². The average Bonchev–Trinajstić information content (AvgIpc) is 2.89. The Morgan fingerprint density at radius 1 is 1.14 bits per heavy atom. The summed E-state index contributed by atoms with van der Waals surface area (Å²) in [5.41, 5.74) is 2.42. The molecule has 0 unspecified atom stereocenters. The summed E-state index contributed by atoms with van der Waals surface area (Å²) in [6.07, 6.45) is 0.751. The van der Waals surface area contributed by atoms with Gasteiger partial charge in [-0.2, -0.15) is 5.10 Å². The summed E-state index contributed by atoms with van der Waals surface area (Å²) in [6, 6.07) is 5.70. The third-order valence-electron chi connectivity index (χ3n) is 4.43. The highest BCUT2D eigenvalue weighted by molar-refractivity contribution is 6.62. The SMILES string of the molecule is Cc1cc(B2OC(C)(C)C(C)(C)O2)cc2cc(C=O)nn12. The van der Waals surface area contributed by atoms with Crippen LogP contribution in [0, 0.1) is 6.92 Å². The summed E-state index contributed by atoms with van der Waals surface area (Å²) >= 11 is 0. The molecule has 110 valence electrons. The topological polar surface area (TPSA) is 52.8 Å². The third kappa shape index (κ3) is 2.19. The van der Waals surface area contributed by atoms with Gasteiger partial charge in [-0.05, 0) is 58.3 Å². The maximum atomic E-state index is 10.9. The molecule has 1 aliphatic rings. The molecule has 0 amide bonds. The van der Waals surface area contributed by atoms with E-state index >= 15 is 0 Å². The molecule has 21 heavy (non-hydrogen) atoms. The standard InChI is InChI=1S/C15H19BN2O3/c1-10-6-11(7-13-8-12(9-19)17-18(10)13)16-20-14(2,3)15(4,5)21-16/h6-9H,1-5H3. The average molecular weight is 286 g/mol. The Morgan fingerprint density at radius 2 is 1.76 bits per heavy atom.